The molecule has 0 aromatic carbocycles. The molecule has 6 nitrogen and oxygen atoms in total. The molecule has 0 radical (unpaired) electrons. The molecule has 0 saturated carbocycles. The molecule has 3 N–H and O–H groups in total. The van der Waals surface area contributed by atoms with Crippen LogP contribution in [0, 0.1) is 6.92 Å². The first-order chi connectivity index (χ1) is 10.1. The number of H-pyrrole nitrogens is 1. The van der Waals surface area contributed by atoms with Gasteiger partial charge in [0.15, 0.2) is 11.5 Å². The molecule has 0 spiro atoms. The fourth-order valence-corrected chi connectivity index (χ4v) is 2.02. The van der Waals surface area contributed by atoms with Crippen LogP contribution in [0.3, 0.4) is 0 Å². The van der Waals surface area contributed by atoms with Crippen molar-refractivity contribution in [1.82, 2.24) is 19.5 Å². The standard InChI is InChI=1S/C15H19N5O/c1-4-6-7-8-11(5-2)9-20-14-12(19-15(20)21)13(16)17-10(3)18-14/h4-8H,9H2,1-3H3,(H,19,21)(H2,16,17,18)/b6-4-,8-7-,11-5+. The van der Waals surface area contributed by atoms with Gasteiger partial charge in [0, 0.05) is 0 Å². The maximum Gasteiger partial charge on any atom is 0.328 e. The van der Waals surface area contributed by atoms with Crippen LogP contribution in [0.4, 0.5) is 5.82 Å². The van der Waals surface area contributed by atoms with Crippen LogP contribution in [-0.2, 0) is 6.54 Å². The minimum absolute atomic E-state index is 0.240. The zero-order valence-corrected chi connectivity index (χ0v) is 12.4. The van der Waals surface area contributed by atoms with Crippen LogP contribution in [-0.4, -0.2) is 19.5 Å². The number of aromatic amines is 1. The minimum Gasteiger partial charge on any atom is -0.382 e. The number of allylic oxidation sites excluding steroid dienone is 6. The Labute approximate surface area is 122 Å². The van der Waals surface area contributed by atoms with Gasteiger partial charge in [0.25, 0.3) is 0 Å². The highest BCUT2D eigenvalue weighted by Crippen LogP contribution is 2.15. The third-order valence-electron chi connectivity index (χ3n) is 3.09. The molecule has 110 valence electrons. The van der Waals surface area contributed by atoms with E-state index in [0.717, 1.165) is 5.57 Å². The number of nitrogen functional groups attached to an aromatic ring is 1. The first kappa shape index (κ1) is 14.8. The first-order valence-corrected chi connectivity index (χ1v) is 6.74. The maximum absolute atomic E-state index is 12.1. The Kier molecular flexibility index (Phi) is 4.37. The van der Waals surface area contributed by atoms with Crippen molar-refractivity contribution in [2.75, 3.05) is 5.73 Å². The average Bonchev–Trinajstić information content (AvgIpc) is 2.75. The molecule has 2 heterocycles. The van der Waals surface area contributed by atoms with Crippen molar-refractivity contribution in [1.29, 1.82) is 0 Å². The van der Waals surface area contributed by atoms with Gasteiger partial charge < -0.3 is 10.7 Å². The second-order valence-electron chi connectivity index (χ2n) is 4.62. The largest absolute Gasteiger partial charge is 0.382 e. The van der Waals surface area contributed by atoms with E-state index in [1.165, 1.54) is 0 Å². The number of hydrogen-bond donors (Lipinski definition) is 2. The average molecular weight is 285 g/mol. The quantitative estimate of drug-likeness (QED) is 0.842. The van der Waals surface area contributed by atoms with Crippen LogP contribution in [0.5, 0.6) is 0 Å². The Morgan fingerprint density at radius 1 is 1.33 bits per heavy atom. The van der Waals surface area contributed by atoms with Crippen LogP contribution in [0.25, 0.3) is 11.2 Å². The highest BCUT2D eigenvalue weighted by molar-refractivity contribution is 5.81. The summed E-state index contributed by atoms with van der Waals surface area (Å²) in [6, 6.07) is 0. The van der Waals surface area contributed by atoms with Crippen molar-refractivity contribution >= 4 is 17.0 Å². The first-order valence-electron chi connectivity index (χ1n) is 6.74. The Balaban J connectivity index is 2.47. The fourth-order valence-electron chi connectivity index (χ4n) is 2.02. The topological polar surface area (TPSA) is 89.6 Å². The van der Waals surface area contributed by atoms with Gasteiger partial charge in [0.2, 0.25) is 0 Å². The van der Waals surface area contributed by atoms with Crippen LogP contribution in [0.2, 0.25) is 0 Å². The van der Waals surface area contributed by atoms with Gasteiger partial charge in [-0.15, -0.1) is 0 Å². The molecule has 0 atom stereocenters. The number of fused-ring (bicyclic) bond motifs is 1. The predicted octanol–water partition coefficient (Wildman–Crippen LogP) is 2.09. The van der Waals surface area contributed by atoms with Crippen LogP contribution in [0.1, 0.15) is 19.7 Å². The van der Waals surface area contributed by atoms with Crippen LogP contribution in [0.15, 0.2) is 40.7 Å². The van der Waals surface area contributed by atoms with E-state index in [1.807, 2.05) is 44.2 Å². The predicted molar refractivity (Wildman–Crippen MR) is 85.0 cm³/mol. The molecular weight excluding hydrogens is 266 g/mol. The molecule has 0 aliphatic rings. The smallest absolute Gasteiger partial charge is 0.328 e. The van der Waals surface area contributed by atoms with Gasteiger partial charge in [-0.2, -0.15) is 0 Å². The molecule has 0 aliphatic heterocycles. The summed E-state index contributed by atoms with van der Waals surface area (Å²) in [5.74, 6) is 0.832. The second-order valence-corrected chi connectivity index (χ2v) is 4.62. The summed E-state index contributed by atoms with van der Waals surface area (Å²) in [7, 11) is 0. The van der Waals surface area contributed by atoms with Crippen molar-refractivity contribution in [3.63, 3.8) is 0 Å². The Bertz CT molecular complexity index is 792. The van der Waals surface area contributed by atoms with E-state index >= 15 is 0 Å². The van der Waals surface area contributed by atoms with Crippen molar-refractivity contribution in [2.45, 2.75) is 27.3 Å². The number of nitrogens with one attached hydrogen (secondary N) is 1. The van der Waals surface area contributed by atoms with Crippen molar-refractivity contribution in [3.8, 4) is 0 Å². The molecule has 0 saturated heterocycles. The van der Waals surface area contributed by atoms with Crippen molar-refractivity contribution in [3.05, 3.63) is 52.3 Å². The molecule has 0 fully saturated rings. The van der Waals surface area contributed by atoms with Gasteiger partial charge in [-0.25, -0.2) is 14.8 Å². The molecule has 0 bridgehead atoms. The van der Waals surface area contributed by atoms with Gasteiger partial charge in [-0.05, 0) is 26.3 Å². The van der Waals surface area contributed by atoms with Crippen LogP contribution < -0.4 is 11.4 Å². The minimum atomic E-state index is -0.240. The molecule has 2 aromatic heterocycles. The molecule has 0 amide bonds. The second kappa shape index (κ2) is 6.21. The summed E-state index contributed by atoms with van der Waals surface area (Å²) >= 11 is 0. The van der Waals surface area contributed by atoms with Gasteiger partial charge >= 0.3 is 5.69 Å². The Morgan fingerprint density at radius 2 is 2.10 bits per heavy atom. The SMILES string of the molecule is C\C=C/C=C\C(=C/C)Cn1c(=O)[nH]c2c(N)nc(C)nc21. The zero-order valence-electron chi connectivity index (χ0n) is 12.4. The van der Waals surface area contributed by atoms with E-state index in [4.69, 9.17) is 5.73 Å². The number of nitrogens with zero attached hydrogens (tertiary/aromatic N) is 3. The fraction of sp³-hybridized carbons (Fsp3) is 0.267. The van der Waals surface area contributed by atoms with E-state index in [0.29, 0.717) is 29.4 Å². The summed E-state index contributed by atoms with van der Waals surface area (Å²) < 4.78 is 1.57. The van der Waals surface area contributed by atoms with E-state index in [1.54, 1.807) is 11.5 Å². The highest BCUT2D eigenvalue weighted by Gasteiger charge is 2.12. The van der Waals surface area contributed by atoms with Crippen molar-refractivity contribution in [2.24, 2.45) is 0 Å². The molecule has 0 unspecified atom stereocenters. The Morgan fingerprint density at radius 3 is 2.76 bits per heavy atom. The van der Waals surface area contributed by atoms with Gasteiger partial charge in [0.1, 0.15) is 11.3 Å². The number of aromatic nitrogens is 4. The molecular formula is C15H19N5O. The third kappa shape index (κ3) is 3.10. The number of aryl methyl sites for hydroxylation is 1. The molecule has 21 heavy (non-hydrogen) atoms. The Hall–Kier alpha value is -2.63. The van der Waals surface area contributed by atoms with Gasteiger partial charge in [-0.1, -0.05) is 30.4 Å². The van der Waals surface area contributed by atoms with Gasteiger partial charge in [-0.3, -0.25) is 4.57 Å². The number of hydrogen-bond acceptors (Lipinski definition) is 4. The van der Waals surface area contributed by atoms with Gasteiger partial charge in [0.05, 0.1) is 6.54 Å². The lowest BCUT2D eigenvalue weighted by atomic mass is 10.2. The van der Waals surface area contributed by atoms with E-state index in [9.17, 15) is 4.79 Å². The zero-order chi connectivity index (χ0) is 15.4. The lowest BCUT2D eigenvalue weighted by Gasteiger charge is -2.04. The van der Waals surface area contributed by atoms with Crippen molar-refractivity contribution < 1.29 is 0 Å². The maximum atomic E-state index is 12.1. The summed E-state index contributed by atoms with van der Waals surface area (Å²) in [5.41, 5.74) is 7.61. The number of imidazole rings is 1. The summed E-state index contributed by atoms with van der Waals surface area (Å²) in [4.78, 5) is 23.2. The van der Waals surface area contributed by atoms with E-state index in [2.05, 4.69) is 15.0 Å². The lowest BCUT2D eigenvalue weighted by Crippen LogP contribution is -2.18. The summed E-state index contributed by atoms with van der Waals surface area (Å²) in [5, 5.41) is 0. The monoisotopic (exact) mass is 285 g/mol. The highest BCUT2D eigenvalue weighted by atomic mass is 16.1. The number of rotatable bonds is 4. The van der Waals surface area contributed by atoms with E-state index in [-0.39, 0.29) is 5.69 Å². The number of nitrogens with two attached hydrogens (primary N) is 1. The van der Waals surface area contributed by atoms with E-state index < -0.39 is 0 Å². The lowest BCUT2D eigenvalue weighted by molar-refractivity contribution is 0.773. The molecule has 0 aliphatic carbocycles. The summed E-state index contributed by atoms with van der Waals surface area (Å²) in [6.07, 6.45) is 9.74. The summed E-state index contributed by atoms with van der Waals surface area (Å²) in [6.45, 7) is 6.07. The third-order valence-corrected chi connectivity index (χ3v) is 3.09. The van der Waals surface area contributed by atoms with Crippen LogP contribution >= 0.6 is 0 Å². The molecule has 2 rings (SSSR count). The normalized spacial score (nSPS) is 13.0. The number of anilines is 1. The molecule has 6 heteroatoms. The molecule has 2 aromatic rings.